The zero-order valence-electron chi connectivity index (χ0n) is 16.4. The number of rotatable bonds is 4. The van der Waals surface area contributed by atoms with Gasteiger partial charge in [0.2, 0.25) is 0 Å². The first kappa shape index (κ1) is 18.7. The van der Waals surface area contributed by atoms with Gasteiger partial charge in [-0.2, -0.15) is 0 Å². The minimum Gasteiger partial charge on any atom is -0.263 e. The minimum atomic E-state index is 0.613. The van der Waals surface area contributed by atoms with Gasteiger partial charge in [-0.05, 0) is 64.9 Å². The molecule has 0 radical (unpaired) electrons. The Hall–Kier alpha value is -1.63. The smallest absolute Gasteiger partial charge is 0.0332 e. The molecule has 1 nitrogen and oxygen atoms in total. The molecule has 0 bridgehead atoms. The van der Waals surface area contributed by atoms with Gasteiger partial charge in [0.25, 0.3) is 0 Å². The van der Waals surface area contributed by atoms with E-state index in [0.717, 1.165) is 25.7 Å². The first-order valence-electron chi connectivity index (χ1n) is 9.38. The molecule has 0 saturated heterocycles. The van der Waals surface area contributed by atoms with E-state index in [9.17, 15) is 0 Å². The number of aliphatic imine (C=N–C) groups is 1. The minimum absolute atomic E-state index is 0.613. The summed E-state index contributed by atoms with van der Waals surface area (Å²) >= 11 is 0. The maximum Gasteiger partial charge on any atom is 0.0332 e. The highest BCUT2D eigenvalue weighted by Gasteiger charge is 2.15. The van der Waals surface area contributed by atoms with Crippen molar-refractivity contribution in [3.05, 3.63) is 57.8 Å². The molecule has 1 unspecified atom stereocenters. The third-order valence-electron chi connectivity index (χ3n) is 5.04. The quantitative estimate of drug-likeness (QED) is 0.544. The van der Waals surface area contributed by atoms with Gasteiger partial charge in [-0.1, -0.05) is 60.4 Å². The van der Waals surface area contributed by atoms with Crippen molar-refractivity contribution in [2.75, 3.05) is 0 Å². The van der Waals surface area contributed by atoms with E-state index >= 15 is 0 Å². The van der Waals surface area contributed by atoms with E-state index in [4.69, 9.17) is 4.99 Å². The van der Waals surface area contributed by atoms with Crippen LogP contribution >= 0.6 is 0 Å². The highest BCUT2D eigenvalue weighted by atomic mass is 14.7. The summed E-state index contributed by atoms with van der Waals surface area (Å²) in [4.78, 5) is 4.75. The van der Waals surface area contributed by atoms with Crippen molar-refractivity contribution in [3.63, 3.8) is 0 Å². The summed E-state index contributed by atoms with van der Waals surface area (Å²) in [5, 5.41) is 0. The molecule has 0 fully saturated rings. The van der Waals surface area contributed by atoms with Crippen LogP contribution in [0, 0.1) is 19.8 Å². The molecule has 1 aromatic carbocycles. The molecular formula is C23H33N. The number of benzene rings is 1. The second-order valence-electron chi connectivity index (χ2n) is 7.48. The third-order valence-corrected chi connectivity index (χ3v) is 5.04. The molecule has 1 aromatic rings. The van der Waals surface area contributed by atoms with Crippen LogP contribution < -0.4 is 0 Å². The molecule has 1 atom stereocenters. The van der Waals surface area contributed by atoms with Gasteiger partial charge in [-0.15, -0.1) is 0 Å². The molecule has 2 rings (SSSR count). The Morgan fingerprint density at radius 1 is 1.00 bits per heavy atom. The third kappa shape index (κ3) is 5.19. The van der Waals surface area contributed by atoms with Crippen LogP contribution in [0.3, 0.4) is 0 Å². The van der Waals surface area contributed by atoms with E-state index in [0.29, 0.717) is 5.92 Å². The van der Waals surface area contributed by atoms with Gasteiger partial charge in [0.1, 0.15) is 0 Å². The Morgan fingerprint density at radius 3 is 2.29 bits per heavy atom. The van der Waals surface area contributed by atoms with Crippen molar-refractivity contribution >= 4 is 5.71 Å². The summed E-state index contributed by atoms with van der Waals surface area (Å²) in [7, 11) is 0. The molecule has 130 valence electrons. The molecule has 0 spiro atoms. The van der Waals surface area contributed by atoms with Crippen molar-refractivity contribution in [2.24, 2.45) is 10.9 Å². The Morgan fingerprint density at radius 2 is 1.67 bits per heavy atom. The predicted molar refractivity (Wildman–Crippen MR) is 107 cm³/mol. The van der Waals surface area contributed by atoms with E-state index in [1.807, 2.05) is 0 Å². The van der Waals surface area contributed by atoms with Crippen molar-refractivity contribution in [1.29, 1.82) is 0 Å². The number of hydrogen-bond donors (Lipinski definition) is 0. The monoisotopic (exact) mass is 323 g/mol. The maximum absolute atomic E-state index is 4.75. The number of allylic oxidation sites excluding steroid dienone is 4. The van der Waals surface area contributed by atoms with Crippen molar-refractivity contribution in [1.82, 2.24) is 0 Å². The number of hydrogen-bond acceptors (Lipinski definition) is 1. The molecule has 0 aliphatic carbocycles. The van der Waals surface area contributed by atoms with E-state index in [1.54, 1.807) is 11.1 Å². The highest BCUT2D eigenvalue weighted by molar-refractivity contribution is 5.85. The van der Waals surface area contributed by atoms with Crippen molar-refractivity contribution in [2.45, 2.75) is 73.6 Å². The Kier molecular flexibility index (Phi) is 6.60. The lowest BCUT2D eigenvalue weighted by Gasteiger charge is -2.20. The normalized spacial score (nSPS) is 26.7. The van der Waals surface area contributed by atoms with Gasteiger partial charge in [0.05, 0.1) is 0 Å². The molecule has 0 N–H and O–H groups in total. The molecule has 1 aliphatic heterocycles. The van der Waals surface area contributed by atoms with E-state index in [2.05, 4.69) is 65.8 Å². The number of aryl methyl sites for hydroxylation is 3. The number of nitrogens with zero attached hydrogens (tertiary/aromatic N) is 1. The molecule has 24 heavy (non-hydrogen) atoms. The Bertz CT molecular complexity index is 653. The molecule has 1 aliphatic rings. The van der Waals surface area contributed by atoms with Gasteiger partial charge < -0.3 is 0 Å². The molecular weight excluding hydrogens is 290 g/mol. The summed E-state index contributed by atoms with van der Waals surface area (Å²) < 4.78 is 0. The molecule has 0 saturated carbocycles. The largest absolute Gasteiger partial charge is 0.263 e. The second-order valence-corrected chi connectivity index (χ2v) is 7.48. The highest BCUT2D eigenvalue weighted by Crippen LogP contribution is 2.30. The van der Waals surface area contributed by atoms with Crippen LogP contribution in [0.25, 0.3) is 0 Å². The summed E-state index contributed by atoms with van der Waals surface area (Å²) in [5.74, 6) is 0.613. The molecule has 0 amide bonds. The molecule has 1 heteroatoms. The zero-order valence-corrected chi connectivity index (χ0v) is 16.4. The summed E-state index contributed by atoms with van der Waals surface area (Å²) in [6, 6.07) is 6.95. The summed E-state index contributed by atoms with van der Waals surface area (Å²) in [6.45, 7) is 13.4. The average Bonchev–Trinajstić information content (AvgIpc) is 2.54. The van der Waals surface area contributed by atoms with Crippen LogP contribution in [0.5, 0.6) is 0 Å². The van der Waals surface area contributed by atoms with Crippen LogP contribution in [0.2, 0.25) is 0 Å². The average molecular weight is 324 g/mol. The summed E-state index contributed by atoms with van der Waals surface area (Å²) in [6.07, 6.45) is 7.91. The first-order chi connectivity index (χ1) is 11.4. The Balaban J connectivity index is 2.25. The topological polar surface area (TPSA) is 12.4 Å². The van der Waals surface area contributed by atoms with Crippen LogP contribution in [0.15, 0.2) is 46.1 Å². The molecule has 0 aromatic heterocycles. The fourth-order valence-corrected chi connectivity index (χ4v) is 3.91. The van der Waals surface area contributed by atoms with Gasteiger partial charge in [0, 0.05) is 17.8 Å². The van der Waals surface area contributed by atoms with Crippen LogP contribution in [0.4, 0.5) is 0 Å². The summed E-state index contributed by atoms with van der Waals surface area (Å²) in [5.41, 5.74) is 9.91. The first-order valence-corrected chi connectivity index (χ1v) is 9.38. The van der Waals surface area contributed by atoms with E-state index in [-0.39, 0.29) is 0 Å². The van der Waals surface area contributed by atoms with E-state index < -0.39 is 0 Å². The fraction of sp³-hybridized carbons (Fsp3) is 0.522. The van der Waals surface area contributed by atoms with Crippen LogP contribution in [0.1, 0.15) is 70.1 Å². The lowest BCUT2D eigenvalue weighted by atomic mass is 9.85. The van der Waals surface area contributed by atoms with Gasteiger partial charge in [-0.25, -0.2) is 0 Å². The predicted octanol–water partition coefficient (Wildman–Crippen LogP) is 6.74. The van der Waals surface area contributed by atoms with Crippen molar-refractivity contribution < 1.29 is 0 Å². The molecule has 1 heterocycles. The second kappa shape index (κ2) is 8.46. The standard InChI is InChI=1S/C23H33N/c1-7-22-15-20(6)24-19(5)9-8-18(4)23(22)11-10-21-13-16(2)12-17(3)14-21/h9,12-14,18H,7-8,10-11,15H2,1-6H3/b19-9+,23-22-,24-20-. The lowest BCUT2D eigenvalue weighted by molar-refractivity contribution is 0.635. The van der Waals surface area contributed by atoms with Crippen LogP contribution in [-0.4, -0.2) is 5.71 Å². The Labute approximate surface area is 148 Å². The van der Waals surface area contributed by atoms with Crippen molar-refractivity contribution in [3.8, 4) is 0 Å². The zero-order chi connectivity index (χ0) is 17.7. The fourth-order valence-electron chi connectivity index (χ4n) is 3.91. The lowest BCUT2D eigenvalue weighted by Crippen LogP contribution is -2.06. The SMILES string of the molecule is CC/C1=C(\CCc2cc(C)cc(C)c2)C(C)C/C=C(C)/N=C(/C)C1. The maximum atomic E-state index is 4.75. The van der Waals surface area contributed by atoms with E-state index in [1.165, 1.54) is 34.5 Å². The van der Waals surface area contributed by atoms with Gasteiger partial charge in [-0.3, -0.25) is 4.99 Å². The van der Waals surface area contributed by atoms with Crippen LogP contribution in [-0.2, 0) is 6.42 Å². The van der Waals surface area contributed by atoms with Gasteiger partial charge in [0.15, 0.2) is 0 Å². The van der Waals surface area contributed by atoms with Gasteiger partial charge >= 0.3 is 0 Å².